The van der Waals surface area contributed by atoms with Gasteiger partial charge in [0.2, 0.25) is 11.8 Å². The van der Waals surface area contributed by atoms with Gasteiger partial charge in [0.25, 0.3) is 0 Å². The molecule has 0 fully saturated rings. The van der Waals surface area contributed by atoms with Gasteiger partial charge in [-0.25, -0.2) is 0 Å². The van der Waals surface area contributed by atoms with E-state index in [2.05, 4.69) is 32.2 Å². The zero-order chi connectivity index (χ0) is 24.5. The summed E-state index contributed by atoms with van der Waals surface area (Å²) in [4.78, 5) is 31.9. The summed E-state index contributed by atoms with van der Waals surface area (Å²) in [5, 5.41) is 2.79. The molecule has 34 heavy (non-hydrogen) atoms. The summed E-state index contributed by atoms with van der Waals surface area (Å²) in [6.07, 6.45) is 9.12. The highest BCUT2D eigenvalue weighted by Gasteiger charge is 2.34. The summed E-state index contributed by atoms with van der Waals surface area (Å²) >= 11 is 7.89. The van der Waals surface area contributed by atoms with E-state index in [4.69, 9.17) is 11.6 Å². The van der Waals surface area contributed by atoms with Crippen LogP contribution in [-0.2, 0) is 16.0 Å². The van der Waals surface area contributed by atoms with Crippen LogP contribution in [0.1, 0.15) is 94.2 Å². The molecule has 1 aromatic carbocycles. The van der Waals surface area contributed by atoms with Crippen LogP contribution in [0.2, 0.25) is 5.02 Å². The molecule has 2 aromatic rings. The largest absolute Gasteiger partial charge is 0.331 e. The number of hydrogen-bond acceptors (Lipinski definition) is 3. The van der Waals surface area contributed by atoms with Crippen LogP contribution in [0.5, 0.6) is 0 Å². The first-order chi connectivity index (χ1) is 16.5. The van der Waals surface area contributed by atoms with Crippen molar-refractivity contribution < 1.29 is 9.59 Å². The van der Waals surface area contributed by atoms with E-state index in [-0.39, 0.29) is 30.4 Å². The number of unbranched alkanes of at least 4 members (excludes halogenated alkanes) is 5. The number of hydrogen-bond donors (Lipinski definition) is 0. The molecule has 6 heteroatoms. The summed E-state index contributed by atoms with van der Waals surface area (Å²) in [6.45, 7) is 7.15. The van der Waals surface area contributed by atoms with Crippen molar-refractivity contribution in [3.8, 4) is 0 Å². The number of rotatable bonds is 12. The maximum atomic E-state index is 13.7. The van der Waals surface area contributed by atoms with Gasteiger partial charge in [-0.1, -0.05) is 69.7 Å². The van der Waals surface area contributed by atoms with E-state index in [1.807, 2.05) is 34.1 Å². The van der Waals surface area contributed by atoms with Crippen LogP contribution in [0.15, 0.2) is 35.7 Å². The second-order valence-electron chi connectivity index (χ2n) is 9.39. The molecule has 0 aliphatic carbocycles. The summed E-state index contributed by atoms with van der Waals surface area (Å²) in [7, 11) is 0. The molecule has 0 saturated heterocycles. The first-order valence-corrected chi connectivity index (χ1v) is 14.1. The van der Waals surface area contributed by atoms with E-state index in [0.29, 0.717) is 18.0 Å². The van der Waals surface area contributed by atoms with Gasteiger partial charge in [0.05, 0.1) is 6.04 Å². The van der Waals surface area contributed by atoms with Gasteiger partial charge in [-0.2, -0.15) is 0 Å². The molecule has 186 valence electrons. The second-order valence-corrected chi connectivity index (χ2v) is 10.8. The molecule has 0 bridgehead atoms. The SMILES string of the molecule is CCCCCCCCC(=O)N(CC(=O)N1CCc2sccc2C1c1ccc(Cl)cc1)C(C)CC. The Labute approximate surface area is 214 Å². The van der Waals surface area contributed by atoms with Gasteiger partial charge in [-0.3, -0.25) is 9.59 Å². The molecule has 1 aliphatic rings. The molecule has 2 unspecified atom stereocenters. The van der Waals surface area contributed by atoms with Crippen LogP contribution in [0, 0.1) is 0 Å². The third kappa shape index (κ3) is 6.85. The Bertz CT molecular complexity index is 927. The van der Waals surface area contributed by atoms with Gasteiger partial charge < -0.3 is 9.80 Å². The van der Waals surface area contributed by atoms with E-state index in [9.17, 15) is 9.59 Å². The van der Waals surface area contributed by atoms with Crippen molar-refractivity contribution in [1.82, 2.24) is 9.80 Å². The second kappa shape index (κ2) is 13.3. The lowest BCUT2D eigenvalue weighted by Crippen LogP contribution is -2.49. The van der Waals surface area contributed by atoms with Gasteiger partial charge in [0, 0.05) is 28.9 Å². The number of amides is 2. The average Bonchev–Trinajstić information content (AvgIpc) is 3.33. The topological polar surface area (TPSA) is 40.6 Å². The van der Waals surface area contributed by atoms with Crippen LogP contribution in [0.25, 0.3) is 0 Å². The number of benzene rings is 1. The summed E-state index contributed by atoms with van der Waals surface area (Å²) in [6, 6.07) is 9.84. The summed E-state index contributed by atoms with van der Waals surface area (Å²) in [5.74, 6) is 0.128. The lowest BCUT2D eigenvalue weighted by Gasteiger charge is -2.38. The fraction of sp³-hybridized carbons (Fsp3) is 0.571. The number of fused-ring (bicyclic) bond motifs is 1. The van der Waals surface area contributed by atoms with Gasteiger partial charge in [-0.15, -0.1) is 11.3 Å². The Morgan fingerprint density at radius 3 is 2.50 bits per heavy atom. The smallest absolute Gasteiger partial charge is 0.243 e. The summed E-state index contributed by atoms with van der Waals surface area (Å²) < 4.78 is 0. The van der Waals surface area contributed by atoms with Crippen molar-refractivity contribution in [3.05, 3.63) is 56.7 Å². The fourth-order valence-corrected chi connectivity index (χ4v) is 5.77. The molecular weight excluding hydrogens is 464 g/mol. The molecular formula is C28H39ClN2O2S. The Kier molecular flexibility index (Phi) is 10.5. The molecule has 2 amide bonds. The maximum Gasteiger partial charge on any atom is 0.243 e. The average molecular weight is 503 g/mol. The van der Waals surface area contributed by atoms with E-state index in [0.717, 1.165) is 31.2 Å². The lowest BCUT2D eigenvalue weighted by molar-refractivity contribution is -0.143. The molecule has 4 nitrogen and oxygen atoms in total. The zero-order valence-corrected chi connectivity index (χ0v) is 22.5. The first-order valence-electron chi connectivity index (χ1n) is 12.9. The third-order valence-corrected chi connectivity index (χ3v) is 8.21. The minimum absolute atomic E-state index is 0.0217. The zero-order valence-electron chi connectivity index (χ0n) is 20.9. The van der Waals surface area contributed by atoms with Crippen LogP contribution >= 0.6 is 22.9 Å². The monoisotopic (exact) mass is 502 g/mol. The molecule has 0 saturated carbocycles. The molecule has 2 heterocycles. The predicted molar refractivity (Wildman–Crippen MR) is 142 cm³/mol. The minimum Gasteiger partial charge on any atom is -0.331 e. The van der Waals surface area contributed by atoms with Crippen LogP contribution in [0.3, 0.4) is 0 Å². The standard InChI is InChI=1S/C28H39ClN2O2S/c1-4-6-7-8-9-10-11-26(32)31(21(3)5-2)20-27(33)30-18-16-25-24(17-19-34-25)28(30)22-12-14-23(29)15-13-22/h12-15,17,19,21,28H,4-11,16,18,20H2,1-3H3. The van der Waals surface area contributed by atoms with Crippen molar-refractivity contribution in [2.75, 3.05) is 13.1 Å². The molecule has 3 rings (SSSR count). The number of halogens is 1. The molecule has 1 aromatic heterocycles. The Morgan fingerprint density at radius 2 is 1.79 bits per heavy atom. The number of carbonyl (C=O) groups excluding carboxylic acids is 2. The highest BCUT2D eigenvalue weighted by atomic mass is 35.5. The van der Waals surface area contributed by atoms with Gasteiger partial charge >= 0.3 is 0 Å². The van der Waals surface area contributed by atoms with Crippen molar-refractivity contribution in [3.63, 3.8) is 0 Å². The quantitative estimate of drug-likeness (QED) is 0.287. The predicted octanol–water partition coefficient (Wildman–Crippen LogP) is 7.25. The van der Waals surface area contributed by atoms with E-state index >= 15 is 0 Å². The third-order valence-electron chi connectivity index (χ3n) is 6.97. The number of carbonyl (C=O) groups is 2. The molecule has 0 radical (unpaired) electrons. The van der Waals surface area contributed by atoms with Crippen LogP contribution < -0.4 is 0 Å². The van der Waals surface area contributed by atoms with Gasteiger partial charge in [0.1, 0.15) is 6.54 Å². The minimum atomic E-state index is -0.132. The van der Waals surface area contributed by atoms with E-state index < -0.39 is 0 Å². The lowest BCUT2D eigenvalue weighted by atomic mass is 9.93. The number of thiophene rings is 1. The molecule has 2 atom stereocenters. The Balaban J connectivity index is 1.72. The molecule has 1 aliphatic heterocycles. The van der Waals surface area contributed by atoms with E-state index in [1.165, 1.54) is 36.1 Å². The van der Waals surface area contributed by atoms with E-state index in [1.54, 1.807) is 11.3 Å². The highest BCUT2D eigenvalue weighted by Crippen LogP contribution is 2.38. The fourth-order valence-electron chi connectivity index (χ4n) is 4.74. The Hall–Kier alpha value is -1.85. The Morgan fingerprint density at radius 1 is 1.09 bits per heavy atom. The summed E-state index contributed by atoms with van der Waals surface area (Å²) in [5.41, 5.74) is 2.26. The van der Waals surface area contributed by atoms with Gasteiger partial charge in [0.15, 0.2) is 0 Å². The van der Waals surface area contributed by atoms with Crippen LogP contribution in [0.4, 0.5) is 0 Å². The van der Waals surface area contributed by atoms with Crippen LogP contribution in [-0.4, -0.2) is 40.7 Å². The van der Waals surface area contributed by atoms with Crippen molar-refractivity contribution in [1.29, 1.82) is 0 Å². The molecule has 0 spiro atoms. The molecule has 0 N–H and O–H groups in total. The highest BCUT2D eigenvalue weighted by molar-refractivity contribution is 7.10. The number of nitrogens with zero attached hydrogens (tertiary/aromatic N) is 2. The van der Waals surface area contributed by atoms with Gasteiger partial charge in [-0.05, 0) is 60.9 Å². The first kappa shape index (κ1) is 26.7. The van der Waals surface area contributed by atoms with Crippen molar-refractivity contribution >= 4 is 34.8 Å². The van der Waals surface area contributed by atoms with Crippen molar-refractivity contribution in [2.24, 2.45) is 0 Å². The maximum absolute atomic E-state index is 13.7. The van der Waals surface area contributed by atoms with Crippen molar-refractivity contribution in [2.45, 2.75) is 90.6 Å². The normalized spacial score (nSPS) is 16.2.